The summed E-state index contributed by atoms with van der Waals surface area (Å²) in [6, 6.07) is 3.35. The van der Waals surface area contributed by atoms with E-state index in [4.69, 9.17) is 14.2 Å². The maximum Gasteiger partial charge on any atom is 0.259 e. The number of benzene rings is 1. The van der Waals surface area contributed by atoms with Gasteiger partial charge in [-0.05, 0) is 14.0 Å². The number of carbonyl (C=O) groups is 1. The fourth-order valence-electron chi connectivity index (χ4n) is 3.19. The third-order valence-electron chi connectivity index (χ3n) is 4.92. The highest BCUT2D eigenvalue weighted by Crippen LogP contribution is 2.40. The molecule has 1 aromatic heterocycles. The number of aromatic nitrogens is 2. The Morgan fingerprint density at radius 2 is 1.66 bits per heavy atom. The van der Waals surface area contributed by atoms with Gasteiger partial charge in [0.25, 0.3) is 5.91 Å². The average molecular weight is 401 g/mol. The number of rotatable bonds is 6. The second-order valence-corrected chi connectivity index (χ2v) is 6.83. The van der Waals surface area contributed by atoms with Gasteiger partial charge in [0.15, 0.2) is 11.5 Å². The minimum Gasteiger partial charge on any atom is -0.493 e. The fourth-order valence-corrected chi connectivity index (χ4v) is 3.19. The van der Waals surface area contributed by atoms with Crippen molar-refractivity contribution < 1.29 is 19.0 Å². The molecule has 1 N–H and O–H groups in total. The van der Waals surface area contributed by atoms with E-state index in [1.54, 1.807) is 18.3 Å². The zero-order valence-electron chi connectivity index (χ0n) is 17.5. The van der Waals surface area contributed by atoms with Crippen LogP contribution < -0.4 is 24.4 Å². The van der Waals surface area contributed by atoms with E-state index in [-0.39, 0.29) is 5.91 Å². The largest absolute Gasteiger partial charge is 0.493 e. The molecule has 0 spiro atoms. The Morgan fingerprint density at radius 1 is 1.03 bits per heavy atom. The third kappa shape index (κ3) is 4.51. The Bertz CT molecular complexity index is 856. The van der Waals surface area contributed by atoms with Crippen molar-refractivity contribution in [1.29, 1.82) is 0 Å². The second-order valence-electron chi connectivity index (χ2n) is 6.83. The first-order valence-electron chi connectivity index (χ1n) is 9.35. The SMILES string of the molecule is COc1cc(NC(=O)c2cnc(N3CCN(C)CC3)nc2C)cc(OC)c1OC. The number of nitrogens with one attached hydrogen (secondary N) is 1. The molecule has 29 heavy (non-hydrogen) atoms. The summed E-state index contributed by atoms with van der Waals surface area (Å²) in [5, 5.41) is 2.85. The number of amides is 1. The molecule has 0 bridgehead atoms. The van der Waals surface area contributed by atoms with Crippen molar-refractivity contribution in [2.45, 2.75) is 6.92 Å². The minimum atomic E-state index is -0.304. The van der Waals surface area contributed by atoms with Gasteiger partial charge in [0, 0.05) is 50.2 Å². The van der Waals surface area contributed by atoms with Gasteiger partial charge >= 0.3 is 0 Å². The Balaban J connectivity index is 1.79. The Morgan fingerprint density at radius 3 is 2.17 bits per heavy atom. The quantitative estimate of drug-likeness (QED) is 0.784. The van der Waals surface area contributed by atoms with Crippen molar-refractivity contribution in [2.75, 3.05) is 64.8 Å². The van der Waals surface area contributed by atoms with Crippen LogP contribution in [0.15, 0.2) is 18.3 Å². The van der Waals surface area contributed by atoms with Gasteiger partial charge in [-0.15, -0.1) is 0 Å². The van der Waals surface area contributed by atoms with E-state index in [9.17, 15) is 4.79 Å². The fraction of sp³-hybridized carbons (Fsp3) is 0.450. The third-order valence-corrected chi connectivity index (χ3v) is 4.92. The number of carbonyl (C=O) groups excluding carboxylic acids is 1. The van der Waals surface area contributed by atoms with E-state index in [0.717, 1.165) is 26.2 Å². The lowest BCUT2D eigenvalue weighted by molar-refractivity contribution is 0.102. The molecule has 9 nitrogen and oxygen atoms in total. The Labute approximate surface area is 170 Å². The molecule has 0 radical (unpaired) electrons. The molecule has 1 saturated heterocycles. The van der Waals surface area contributed by atoms with Gasteiger partial charge in [-0.1, -0.05) is 0 Å². The van der Waals surface area contributed by atoms with E-state index < -0.39 is 0 Å². The molecular formula is C20H27N5O4. The molecule has 1 aliphatic heterocycles. The van der Waals surface area contributed by atoms with Gasteiger partial charge in [-0.3, -0.25) is 4.79 Å². The van der Waals surface area contributed by atoms with Crippen molar-refractivity contribution in [1.82, 2.24) is 14.9 Å². The molecular weight excluding hydrogens is 374 g/mol. The van der Waals surface area contributed by atoms with Crippen LogP contribution in [0.3, 0.4) is 0 Å². The summed E-state index contributed by atoms with van der Waals surface area (Å²) in [6.07, 6.45) is 1.57. The first-order chi connectivity index (χ1) is 14.0. The van der Waals surface area contributed by atoms with Crippen molar-refractivity contribution >= 4 is 17.5 Å². The summed E-state index contributed by atoms with van der Waals surface area (Å²) < 4.78 is 16.0. The number of likely N-dealkylation sites (N-methyl/N-ethyl adjacent to an activating group) is 1. The maximum absolute atomic E-state index is 12.8. The molecule has 0 unspecified atom stereocenters. The Kier molecular flexibility index (Phi) is 6.38. The second kappa shape index (κ2) is 8.95. The molecule has 2 aromatic rings. The highest BCUT2D eigenvalue weighted by molar-refractivity contribution is 6.05. The Hall–Kier alpha value is -3.07. The predicted molar refractivity (Wildman–Crippen MR) is 111 cm³/mol. The lowest BCUT2D eigenvalue weighted by atomic mass is 10.2. The normalized spacial score (nSPS) is 14.4. The lowest BCUT2D eigenvalue weighted by Gasteiger charge is -2.32. The summed E-state index contributed by atoms with van der Waals surface area (Å²) >= 11 is 0. The number of aryl methyl sites for hydroxylation is 1. The van der Waals surface area contributed by atoms with Crippen LogP contribution in [0.2, 0.25) is 0 Å². The van der Waals surface area contributed by atoms with Gasteiger partial charge in [0.05, 0.1) is 32.6 Å². The molecule has 9 heteroatoms. The van der Waals surface area contributed by atoms with Crippen LogP contribution in [-0.2, 0) is 0 Å². The van der Waals surface area contributed by atoms with Crippen LogP contribution >= 0.6 is 0 Å². The van der Waals surface area contributed by atoms with Gasteiger partial charge in [0.1, 0.15) is 0 Å². The van der Waals surface area contributed by atoms with Crippen LogP contribution in [0.25, 0.3) is 0 Å². The smallest absolute Gasteiger partial charge is 0.259 e. The number of anilines is 2. The predicted octanol–water partition coefficient (Wildman–Crippen LogP) is 1.81. The maximum atomic E-state index is 12.8. The zero-order chi connectivity index (χ0) is 21.0. The minimum absolute atomic E-state index is 0.304. The summed E-state index contributed by atoms with van der Waals surface area (Å²) in [5.41, 5.74) is 1.56. The molecule has 1 aromatic carbocycles. The van der Waals surface area contributed by atoms with Crippen LogP contribution in [0.5, 0.6) is 17.2 Å². The van der Waals surface area contributed by atoms with Crippen molar-refractivity contribution in [3.63, 3.8) is 0 Å². The molecule has 2 heterocycles. The van der Waals surface area contributed by atoms with Crippen molar-refractivity contribution in [3.05, 3.63) is 29.6 Å². The average Bonchev–Trinajstić information content (AvgIpc) is 2.73. The van der Waals surface area contributed by atoms with Crippen LogP contribution in [0.1, 0.15) is 16.1 Å². The zero-order valence-corrected chi connectivity index (χ0v) is 17.5. The monoisotopic (exact) mass is 401 g/mol. The number of piperazine rings is 1. The molecule has 3 rings (SSSR count). The van der Waals surface area contributed by atoms with E-state index >= 15 is 0 Å². The van der Waals surface area contributed by atoms with E-state index in [0.29, 0.717) is 40.1 Å². The van der Waals surface area contributed by atoms with E-state index in [2.05, 4.69) is 32.1 Å². The standard InChI is InChI=1S/C20H27N5O4/c1-13-15(12-21-20(22-13)25-8-6-24(2)7-9-25)19(26)23-14-10-16(27-3)18(29-5)17(11-14)28-4/h10-12H,6-9H2,1-5H3,(H,23,26). The summed E-state index contributed by atoms with van der Waals surface area (Å²) in [5.74, 6) is 1.73. The van der Waals surface area contributed by atoms with Gasteiger partial charge < -0.3 is 29.3 Å². The van der Waals surface area contributed by atoms with Gasteiger partial charge in [-0.2, -0.15) is 0 Å². The number of hydrogen-bond acceptors (Lipinski definition) is 8. The number of hydrogen-bond donors (Lipinski definition) is 1. The highest BCUT2D eigenvalue weighted by atomic mass is 16.5. The van der Waals surface area contributed by atoms with Crippen molar-refractivity contribution in [3.8, 4) is 17.2 Å². The van der Waals surface area contributed by atoms with Gasteiger partial charge in [-0.25, -0.2) is 9.97 Å². The molecule has 0 atom stereocenters. The molecule has 1 amide bonds. The van der Waals surface area contributed by atoms with E-state index in [1.165, 1.54) is 21.3 Å². The molecule has 0 saturated carbocycles. The molecule has 156 valence electrons. The summed E-state index contributed by atoms with van der Waals surface area (Å²) in [4.78, 5) is 26.2. The topological polar surface area (TPSA) is 89.1 Å². The first kappa shape index (κ1) is 20.7. The number of nitrogens with zero attached hydrogens (tertiary/aromatic N) is 4. The highest BCUT2D eigenvalue weighted by Gasteiger charge is 2.20. The number of methoxy groups -OCH3 is 3. The van der Waals surface area contributed by atoms with Crippen LogP contribution in [-0.4, -0.2) is 75.3 Å². The van der Waals surface area contributed by atoms with Crippen LogP contribution in [0, 0.1) is 6.92 Å². The number of ether oxygens (including phenoxy) is 3. The van der Waals surface area contributed by atoms with Crippen LogP contribution in [0.4, 0.5) is 11.6 Å². The summed E-state index contributed by atoms with van der Waals surface area (Å²) in [7, 11) is 6.68. The first-order valence-corrected chi connectivity index (χ1v) is 9.35. The van der Waals surface area contributed by atoms with E-state index in [1.807, 2.05) is 6.92 Å². The van der Waals surface area contributed by atoms with Crippen molar-refractivity contribution in [2.24, 2.45) is 0 Å². The summed E-state index contributed by atoms with van der Waals surface area (Å²) in [6.45, 7) is 5.47. The molecule has 1 fully saturated rings. The molecule has 0 aliphatic carbocycles. The molecule has 1 aliphatic rings. The van der Waals surface area contributed by atoms with Gasteiger partial charge in [0.2, 0.25) is 11.7 Å². The lowest BCUT2D eigenvalue weighted by Crippen LogP contribution is -2.45.